The van der Waals surface area contributed by atoms with Crippen LogP contribution < -0.4 is 24.8 Å². The van der Waals surface area contributed by atoms with E-state index in [9.17, 15) is 22.8 Å². The van der Waals surface area contributed by atoms with E-state index in [1.807, 2.05) is 0 Å². The first-order valence-electron chi connectivity index (χ1n) is 11.6. The van der Waals surface area contributed by atoms with Crippen LogP contribution in [0.4, 0.5) is 18.0 Å². The summed E-state index contributed by atoms with van der Waals surface area (Å²) >= 11 is 0. The van der Waals surface area contributed by atoms with Gasteiger partial charge in [-0.25, -0.2) is 14.8 Å². The SMILES string of the molecule is COCCC(C)(NC(=O)Oc1cncnc1)C(=O)NCc1ccc(Oc2ccc(OC)cc2C(F)(F)F)cc1. The van der Waals surface area contributed by atoms with Crippen LogP contribution in [0.1, 0.15) is 24.5 Å². The summed E-state index contributed by atoms with van der Waals surface area (Å²) in [4.78, 5) is 32.9. The molecule has 0 saturated heterocycles. The molecule has 0 saturated carbocycles. The third-order valence-electron chi connectivity index (χ3n) is 5.53. The minimum Gasteiger partial charge on any atom is -0.497 e. The van der Waals surface area contributed by atoms with Crippen LogP contribution in [0.2, 0.25) is 0 Å². The van der Waals surface area contributed by atoms with Crippen LogP contribution in [0, 0.1) is 0 Å². The quantitative estimate of drug-likeness (QED) is 0.360. The first kappa shape index (κ1) is 29.2. The third-order valence-corrected chi connectivity index (χ3v) is 5.53. The zero-order valence-electron chi connectivity index (χ0n) is 21.4. The molecule has 0 fully saturated rings. The molecular weight excluding hydrogens is 521 g/mol. The molecular formula is C26H27F3N4O6. The zero-order chi connectivity index (χ0) is 28.5. The molecule has 1 aromatic heterocycles. The van der Waals surface area contributed by atoms with Crippen molar-refractivity contribution in [2.24, 2.45) is 0 Å². The number of hydrogen-bond donors (Lipinski definition) is 2. The molecule has 208 valence electrons. The molecule has 2 N–H and O–H groups in total. The van der Waals surface area contributed by atoms with Crippen LogP contribution in [-0.2, 0) is 22.3 Å². The van der Waals surface area contributed by atoms with Crippen molar-refractivity contribution < 1.29 is 41.7 Å². The van der Waals surface area contributed by atoms with E-state index in [4.69, 9.17) is 18.9 Å². The Kier molecular flexibility index (Phi) is 9.66. The van der Waals surface area contributed by atoms with Crippen LogP contribution in [0.5, 0.6) is 23.0 Å². The summed E-state index contributed by atoms with van der Waals surface area (Å²) in [6.45, 7) is 1.77. The molecule has 1 atom stereocenters. The minimum absolute atomic E-state index is 0.0510. The Hall–Kier alpha value is -4.39. The maximum absolute atomic E-state index is 13.4. The Bertz CT molecular complexity index is 1260. The molecule has 0 aliphatic heterocycles. The van der Waals surface area contributed by atoms with Crippen molar-refractivity contribution in [2.75, 3.05) is 20.8 Å². The maximum atomic E-state index is 13.4. The van der Waals surface area contributed by atoms with E-state index in [1.165, 1.54) is 64.1 Å². The van der Waals surface area contributed by atoms with Gasteiger partial charge in [-0.3, -0.25) is 4.79 Å². The summed E-state index contributed by atoms with van der Waals surface area (Å²) in [6, 6.07) is 9.55. The Balaban J connectivity index is 1.64. The number of amides is 2. The van der Waals surface area contributed by atoms with E-state index in [2.05, 4.69) is 20.6 Å². The van der Waals surface area contributed by atoms with Gasteiger partial charge in [0, 0.05) is 26.7 Å². The normalized spacial score (nSPS) is 12.7. The highest BCUT2D eigenvalue weighted by molar-refractivity contribution is 5.89. The second-order valence-electron chi connectivity index (χ2n) is 8.45. The van der Waals surface area contributed by atoms with E-state index < -0.39 is 29.3 Å². The number of rotatable bonds is 11. The van der Waals surface area contributed by atoms with Crippen LogP contribution in [0.15, 0.2) is 61.2 Å². The number of nitrogens with zero attached hydrogens (tertiary/aromatic N) is 2. The molecule has 0 radical (unpaired) electrons. The predicted octanol–water partition coefficient (Wildman–Crippen LogP) is 4.50. The van der Waals surface area contributed by atoms with Crippen LogP contribution in [-0.4, -0.2) is 48.3 Å². The van der Waals surface area contributed by atoms with Gasteiger partial charge < -0.3 is 29.6 Å². The second kappa shape index (κ2) is 12.9. The average molecular weight is 549 g/mol. The molecule has 2 aromatic carbocycles. The number of aromatic nitrogens is 2. The van der Waals surface area contributed by atoms with E-state index >= 15 is 0 Å². The molecule has 0 aliphatic rings. The predicted molar refractivity (Wildman–Crippen MR) is 132 cm³/mol. The van der Waals surface area contributed by atoms with Crippen molar-refractivity contribution in [3.05, 3.63) is 72.3 Å². The van der Waals surface area contributed by atoms with E-state index in [0.29, 0.717) is 5.56 Å². The lowest BCUT2D eigenvalue weighted by Gasteiger charge is -2.29. The number of ether oxygens (including phenoxy) is 4. The van der Waals surface area contributed by atoms with E-state index in [0.717, 1.165) is 6.07 Å². The van der Waals surface area contributed by atoms with Crippen LogP contribution in [0.25, 0.3) is 0 Å². The lowest BCUT2D eigenvalue weighted by atomic mass is 9.97. The molecule has 1 heterocycles. The highest BCUT2D eigenvalue weighted by Crippen LogP contribution is 2.40. The van der Waals surface area contributed by atoms with Gasteiger partial charge in [0.05, 0.1) is 19.5 Å². The smallest absolute Gasteiger partial charge is 0.420 e. The maximum Gasteiger partial charge on any atom is 0.420 e. The van der Waals surface area contributed by atoms with Gasteiger partial charge in [-0.2, -0.15) is 13.2 Å². The Morgan fingerprint density at radius 3 is 2.23 bits per heavy atom. The number of benzene rings is 2. The van der Waals surface area contributed by atoms with Crippen molar-refractivity contribution in [1.82, 2.24) is 20.6 Å². The Morgan fingerprint density at radius 2 is 1.62 bits per heavy atom. The standard InChI is InChI=1S/C26H27F3N4O6/c1-25(10-11-36-2,33-24(35)39-20-14-30-16-31-15-20)23(34)32-13-17-4-6-18(7-5-17)38-22-9-8-19(37-3)12-21(22)26(27,28)29/h4-9,12,14-16H,10-11,13H2,1-3H3,(H,32,34)(H,33,35). The van der Waals surface area contributed by atoms with Crippen LogP contribution in [0.3, 0.4) is 0 Å². The summed E-state index contributed by atoms with van der Waals surface area (Å²) in [5.41, 5.74) is -1.72. The molecule has 3 rings (SSSR count). The highest BCUT2D eigenvalue weighted by Gasteiger charge is 2.36. The average Bonchev–Trinajstić information content (AvgIpc) is 2.91. The summed E-state index contributed by atoms with van der Waals surface area (Å²) in [6.07, 6.45) is -1.50. The summed E-state index contributed by atoms with van der Waals surface area (Å²) in [5.74, 6) is -0.564. The van der Waals surface area contributed by atoms with E-state index in [1.54, 1.807) is 12.1 Å². The van der Waals surface area contributed by atoms with Gasteiger partial charge in [0.1, 0.15) is 34.7 Å². The lowest BCUT2D eigenvalue weighted by Crippen LogP contribution is -2.57. The fourth-order valence-electron chi connectivity index (χ4n) is 3.36. The van der Waals surface area contributed by atoms with Gasteiger partial charge in [-0.1, -0.05) is 12.1 Å². The largest absolute Gasteiger partial charge is 0.497 e. The number of hydrogen-bond acceptors (Lipinski definition) is 8. The van der Waals surface area contributed by atoms with Crippen molar-refractivity contribution in [1.29, 1.82) is 0 Å². The molecule has 2 amide bonds. The van der Waals surface area contributed by atoms with Crippen molar-refractivity contribution >= 4 is 12.0 Å². The highest BCUT2D eigenvalue weighted by atomic mass is 19.4. The van der Waals surface area contributed by atoms with Gasteiger partial charge in [0.25, 0.3) is 0 Å². The minimum atomic E-state index is -4.64. The molecule has 10 nitrogen and oxygen atoms in total. The number of carbonyl (C=O) groups excluding carboxylic acids is 2. The Morgan fingerprint density at radius 1 is 0.949 bits per heavy atom. The number of methoxy groups -OCH3 is 2. The monoisotopic (exact) mass is 548 g/mol. The molecule has 0 aliphatic carbocycles. The zero-order valence-corrected chi connectivity index (χ0v) is 21.4. The summed E-state index contributed by atoms with van der Waals surface area (Å²) in [7, 11) is 2.74. The molecule has 1 unspecified atom stereocenters. The first-order chi connectivity index (χ1) is 18.5. The molecule has 0 spiro atoms. The first-order valence-corrected chi connectivity index (χ1v) is 11.6. The fraction of sp³-hybridized carbons (Fsp3) is 0.308. The number of nitrogens with one attached hydrogen (secondary N) is 2. The van der Waals surface area contributed by atoms with Crippen molar-refractivity contribution in [3.63, 3.8) is 0 Å². The van der Waals surface area contributed by atoms with Crippen LogP contribution >= 0.6 is 0 Å². The number of carbonyl (C=O) groups is 2. The van der Waals surface area contributed by atoms with Gasteiger partial charge in [-0.15, -0.1) is 0 Å². The molecule has 3 aromatic rings. The topological polar surface area (TPSA) is 121 Å². The van der Waals surface area contributed by atoms with Crippen molar-refractivity contribution in [2.45, 2.75) is 31.6 Å². The van der Waals surface area contributed by atoms with E-state index in [-0.39, 0.29) is 42.6 Å². The molecule has 39 heavy (non-hydrogen) atoms. The number of alkyl halides is 3. The number of halogens is 3. The Labute approximate surface area is 222 Å². The fourth-order valence-corrected chi connectivity index (χ4v) is 3.36. The van der Waals surface area contributed by atoms with Gasteiger partial charge in [-0.05, 0) is 42.8 Å². The lowest BCUT2D eigenvalue weighted by molar-refractivity contribution is -0.138. The van der Waals surface area contributed by atoms with Gasteiger partial charge in [0.15, 0.2) is 5.75 Å². The van der Waals surface area contributed by atoms with Gasteiger partial charge >= 0.3 is 12.3 Å². The molecule has 0 bridgehead atoms. The summed E-state index contributed by atoms with van der Waals surface area (Å²) in [5, 5.41) is 5.28. The van der Waals surface area contributed by atoms with Gasteiger partial charge in [0.2, 0.25) is 5.91 Å². The third kappa shape index (κ3) is 8.30. The molecule has 13 heteroatoms. The summed E-state index contributed by atoms with van der Waals surface area (Å²) < 4.78 is 60.9. The van der Waals surface area contributed by atoms with Crippen molar-refractivity contribution in [3.8, 4) is 23.0 Å². The second-order valence-corrected chi connectivity index (χ2v) is 8.45.